The maximum absolute atomic E-state index is 13.4. The molecule has 0 spiro atoms. The minimum absolute atomic E-state index is 0.00448. The van der Waals surface area contributed by atoms with Crippen molar-refractivity contribution in [2.45, 2.75) is 42.1 Å². The van der Waals surface area contributed by atoms with Crippen molar-refractivity contribution >= 4 is 52.6 Å². The van der Waals surface area contributed by atoms with Crippen molar-refractivity contribution in [2.24, 2.45) is 0 Å². The molecule has 2 aromatic carbocycles. The highest BCUT2D eigenvalue weighted by Crippen LogP contribution is 2.51. The minimum Gasteiger partial charge on any atom is -0.456 e. The molecule has 0 radical (unpaired) electrons. The number of para-hydroxylation sites is 1. The summed E-state index contributed by atoms with van der Waals surface area (Å²) in [5.41, 5.74) is 2.02. The third kappa shape index (κ3) is 4.90. The number of piperidine rings is 1. The molecule has 4 heterocycles. The zero-order chi connectivity index (χ0) is 27.1. The Kier molecular flexibility index (Phi) is 6.82. The number of aromatic nitrogens is 1. The van der Waals surface area contributed by atoms with Crippen LogP contribution in [0.4, 0.5) is 16.2 Å². The number of anilines is 2. The second kappa shape index (κ2) is 10.4. The van der Waals surface area contributed by atoms with E-state index in [-0.39, 0.29) is 23.9 Å². The fraction of sp³-hybridized carbons (Fsp3) is 0.286. The molecule has 6 rings (SSSR count). The summed E-state index contributed by atoms with van der Waals surface area (Å²) in [4.78, 5) is 46.5. The van der Waals surface area contributed by atoms with Crippen LogP contribution in [-0.4, -0.2) is 52.1 Å². The Bertz CT molecular complexity index is 1460. The molecule has 3 aliphatic rings. The molecular weight excluding hydrogens is 538 g/mol. The fourth-order valence-electron chi connectivity index (χ4n) is 5.27. The summed E-state index contributed by atoms with van der Waals surface area (Å²) in [5.74, 6) is 0.954. The van der Waals surface area contributed by atoms with Crippen LogP contribution in [0.1, 0.15) is 31.4 Å². The fourth-order valence-corrected chi connectivity index (χ4v) is 6.72. The van der Waals surface area contributed by atoms with Crippen LogP contribution in [0.15, 0.2) is 65.8 Å². The number of urea groups is 1. The van der Waals surface area contributed by atoms with Gasteiger partial charge in [0, 0.05) is 37.8 Å². The zero-order valence-electron chi connectivity index (χ0n) is 21.1. The van der Waals surface area contributed by atoms with Crippen molar-refractivity contribution in [1.29, 1.82) is 0 Å². The summed E-state index contributed by atoms with van der Waals surface area (Å²) in [6, 6.07) is 15.3. The van der Waals surface area contributed by atoms with Crippen LogP contribution in [0.2, 0.25) is 5.02 Å². The minimum atomic E-state index is -0.572. The standard InChI is InChI=1S/C28H26ClN5O4S/c1-16(35)33-13-5-6-17(15-33)31-26(36)25-24-23-21(11-12-30-27(23)39-25)34(28(37)32-24)18-9-10-22(20(29)14-18)38-19-7-3-2-4-8-19/h2-4,7-12,14,17,24-25H,5-6,13,15H2,1H3,(H,31,36)(H,32,37)/t17?,24?,25-/m1/s1. The maximum atomic E-state index is 13.4. The summed E-state index contributed by atoms with van der Waals surface area (Å²) in [7, 11) is 0. The van der Waals surface area contributed by atoms with Gasteiger partial charge in [-0.1, -0.05) is 41.6 Å². The van der Waals surface area contributed by atoms with Crippen molar-refractivity contribution in [1.82, 2.24) is 20.5 Å². The quantitative estimate of drug-likeness (QED) is 0.451. The number of thioether (sulfide) groups is 1. The van der Waals surface area contributed by atoms with Crippen LogP contribution in [0.3, 0.4) is 0 Å². The van der Waals surface area contributed by atoms with Crippen LogP contribution in [0.25, 0.3) is 0 Å². The van der Waals surface area contributed by atoms with Gasteiger partial charge in [-0.05, 0) is 49.2 Å². The first-order valence-electron chi connectivity index (χ1n) is 12.7. The summed E-state index contributed by atoms with van der Waals surface area (Å²) in [6.07, 6.45) is 3.28. The predicted octanol–water partition coefficient (Wildman–Crippen LogP) is 5.03. The number of benzene rings is 2. The molecular formula is C28H26ClN5O4S. The second-order valence-electron chi connectivity index (χ2n) is 9.69. The molecule has 3 aromatic rings. The van der Waals surface area contributed by atoms with E-state index in [1.54, 1.807) is 47.2 Å². The van der Waals surface area contributed by atoms with E-state index >= 15 is 0 Å². The molecule has 2 N–H and O–H groups in total. The molecule has 9 nitrogen and oxygen atoms in total. The number of likely N-dealkylation sites (tertiary alicyclic amines) is 1. The molecule has 0 saturated carbocycles. The average Bonchev–Trinajstić information content (AvgIpc) is 3.30. The Morgan fingerprint density at radius 3 is 2.77 bits per heavy atom. The number of amides is 4. The van der Waals surface area contributed by atoms with Crippen LogP contribution < -0.4 is 20.3 Å². The highest BCUT2D eigenvalue weighted by molar-refractivity contribution is 8.01. The van der Waals surface area contributed by atoms with Crippen LogP contribution in [0.5, 0.6) is 11.5 Å². The summed E-state index contributed by atoms with van der Waals surface area (Å²) in [6.45, 7) is 2.74. The number of carbonyl (C=O) groups is 3. The van der Waals surface area contributed by atoms with E-state index < -0.39 is 11.3 Å². The molecule has 11 heteroatoms. The highest BCUT2D eigenvalue weighted by Gasteiger charge is 2.47. The SMILES string of the molecule is CC(=O)N1CCCC(NC(=O)[C@@H]2Sc3nccc4c3C2NC(=O)N4c2ccc(Oc3ccccc3)c(Cl)c2)C1. The molecule has 200 valence electrons. The largest absolute Gasteiger partial charge is 0.456 e. The van der Waals surface area contributed by atoms with Crippen molar-refractivity contribution in [3.8, 4) is 11.5 Å². The van der Waals surface area contributed by atoms with Gasteiger partial charge in [0.25, 0.3) is 0 Å². The molecule has 3 atom stereocenters. The summed E-state index contributed by atoms with van der Waals surface area (Å²) < 4.78 is 5.89. The lowest BCUT2D eigenvalue weighted by Crippen LogP contribution is -2.53. The van der Waals surface area contributed by atoms with E-state index in [0.29, 0.717) is 46.0 Å². The monoisotopic (exact) mass is 563 g/mol. The van der Waals surface area contributed by atoms with E-state index in [0.717, 1.165) is 18.4 Å². The van der Waals surface area contributed by atoms with Gasteiger partial charge in [0.1, 0.15) is 21.8 Å². The first-order valence-corrected chi connectivity index (χ1v) is 14.0. The molecule has 2 unspecified atom stereocenters. The number of halogens is 1. The van der Waals surface area contributed by atoms with E-state index in [4.69, 9.17) is 16.3 Å². The molecule has 3 aliphatic heterocycles. The van der Waals surface area contributed by atoms with Crippen LogP contribution in [-0.2, 0) is 9.59 Å². The lowest BCUT2D eigenvalue weighted by atomic mass is 9.99. The number of hydrogen-bond acceptors (Lipinski definition) is 6. The summed E-state index contributed by atoms with van der Waals surface area (Å²) in [5, 5.41) is 6.61. The van der Waals surface area contributed by atoms with Gasteiger partial charge in [0.2, 0.25) is 11.8 Å². The number of pyridine rings is 1. The Hall–Kier alpha value is -3.76. The van der Waals surface area contributed by atoms with E-state index in [9.17, 15) is 14.4 Å². The van der Waals surface area contributed by atoms with Crippen molar-refractivity contribution in [3.05, 3.63) is 71.4 Å². The first-order chi connectivity index (χ1) is 18.9. The Balaban J connectivity index is 1.23. The molecule has 1 aromatic heterocycles. The Morgan fingerprint density at radius 2 is 2.00 bits per heavy atom. The second-order valence-corrected chi connectivity index (χ2v) is 11.2. The molecule has 0 bridgehead atoms. The zero-order valence-corrected chi connectivity index (χ0v) is 22.7. The number of ether oxygens (including phenoxy) is 1. The third-order valence-electron chi connectivity index (χ3n) is 7.12. The number of rotatable bonds is 5. The normalized spacial score (nSPS) is 21.7. The van der Waals surface area contributed by atoms with Gasteiger partial charge in [0.15, 0.2) is 0 Å². The van der Waals surface area contributed by atoms with E-state index in [1.807, 2.05) is 30.3 Å². The topological polar surface area (TPSA) is 104 Å². The van der Waals surface area contributed by atoms with Gasteiger partial charge >= 0.3 is 6.03 Å². The van der Waals surface area contributed by atoms with Crippen molar-refractivity contribution in [3.63, 3.8) is 0 Å². The predicted molar refractivity (Wildman–Crippen MR) is 149 cm³/mol. The first kappa shape index (κ1) is 25.5. The van der Waals surface area contributed by atoms with Crippen LogP contribution in [0, 0.1) is 0 Å². The molecule has 1 saturated heterocycles. The average molecular weight is 564 g/mol. The van der Waals surface area contributed by atoms with Crippen molar-refractivity contribution in [2.75, 3.05) is 18.0 Å². The Labute approximate surface area is 234 Å². The third-order valence-corrected chi connectivity index (χ3v) is 8.71. The van der Waals surface area contributed by atoms with Gasteiger partial charge in [-0.15, -0.1) is 0 Å². The van der Waals surface area contributed by atoms with Gasteiger partial charge in [-0.3, -0.25) is 14.5 Å². The maximum Gasteiger partial charge on any atom is 0.327 e. The molecule has 39 heavy (non-hydrogen) atoms. The lowest BCUT2D eigenvalue weighted by molar-refractivity contribution is -0.131. The number of carbonyl (C=O) groups excluding carboxylic acids is 3. The smallest absolute Gasteiger partial charge is 0.327 e. The van der Waals surface area contributed by atoms with Crippen molar-refractivity contribution < 1.29 is 19.1 Å². The number of nitrogens with one attached hydrogen (secondary N) is 2. The van der Waals surface area contributed by atoms with E-state index in [2.05, 4.69) is 15.6 Å². The van der Waals surface area contributed by atoms with E-state index in [1.165, 1.54) is 11.8 Å². The lowest BCUT2D eigenvalue weighted by Gasteiger charge is -2.35. The van der Waals surface area contributed by atoms with Gasteiger partial charge in [-0.25, -0.2) is 9.78 Å². The molecule has 4 amide bonds. The van der Waals surface area contributed by atoms with Gasteiger partial charge in [-0.2, -0.15) is 0 Å². The van der Waals surface area contributed by atoms with Crippen LogP contribution >= 0.6 is 23.4 Å². The molecule has 0 aliphatic carbocycles. The van der Waals surface area contributed by atoms with Gasteiger partial charge < -0.3 is 20.3 Å². The Morgan fingerprint density at radius 1 is 1.18 bits per heavy atom. The molecule has 1 fully saturated rings. The highest BCUT2D eigenvalue weighted by atomic mass is 35.5. The summed E-state index contributed by atoms with van der Waals surface area (Å²) >= 11 is 7.90. The number of nitrogens with zero attached hydrogens (tertiary/aromatic N) is 3. The van der Waals surface area contributed by atoms with Gasteiger partial charge in [0.05, 0.1) is 22.4 Å². The number of hydrogen-bond donors (Lipinski definition) is 2.